The number of benzene rings is 4. The van der Waals surface area contributed by atoms with E-state index >= 15 is 0 Å². The molecule has 0 aliphatic carbocycles. The third-order valence-electron chi connectivity index (χ3n) is 8.74. The van der Waals surface area contributed by atoms with Crippen molar-refractivity contribution in [1.29, 1.82) is 0 Å². The van der Waals surface area contributed by atoms with Gasteiger partial charge in [-0.25, -0.2) is 0 Å². The summed E-state index contributed by atoms with van der Waals surface area (Å²) >= 11 is 0. The Bertz CT molecular complexity index is 1990. The molecule has 0 radical (unpaired) electrons. The van der Waals surface area contributed by atoms with Crippen molar-refractivity contribution in [2.75, 3.05) is 83.7 Å². The number of nitrogens with zero attached hydrogens (tertiary/aromatic N) is 8. The van der Waals surface area contributed by atoms with Crippen LogP contribution in [-0.4, -0.2) is 82.5 Å². The van der Waals surface area contributed by atoms with Gasteiger partial charge in [-0.2, -0.15) is 29.9 Å². The van der Waals surface area contributed by atoms with Crippen LogP contribution in [0.25, 0.3) is 11.4 Å². The third kappa shape index (κ3) is 8.69. The molecule has 272 valence electrons. The fourth-order valence-electron chi connectivity index (χ4n) is 6.06. The van der Waals surface area contributed by atoms with E-state index in [1.54, 1.807) is 0 Å². The van der Waals surface area contributed by atoms with E-state index in [1.807, 2.05) is 121 Å². The van der Waals surface area contributed by atoms with Crippen LogP contribution in [0.4, 0.5) is 47.1 Å². The van der Waals surface area contributed by atoms with E-state index in [-0.39, 0.29) is 0 Å². The molecule has 0 spiro atoms. The van der Waals surface area contributed by atoms with Crippen molar-refractivity contribution in [2.24, 2.45) is 0 Å². The fourth-order valence-corrected chi connectivity index (χ4v) is 6.06. The molecular weight excluding hydrogens is 681 g/mol. The summed E-state index contributed by atoms with van der Waals surface area (Å²) < 4.78 is 11.3. The highest BCUT2D eigenvalue weighted by atomic mass is 16.5. The molecule has 0 bridgehead atoms. The van der Waals surface area contributed by atoms with Crippen molar-refractivity contribution in [2.45, 2.75) is 0 Å². The minimum atomic E-state index is 0.357. The summed E-state index contributed by atoms with van der Waals surface area (Å²) in [5, 5.41) is 13.9. The molecule has 4 N–H and O–H groups in total. The lowest BCUT2D eigenvalue weighted by atomic mass is 10.0. The number of morpholine rings is 2. The normalized spacial score (nSPS) is 14.9. The van der Waals surface area contributed by atoms with E-state index in [1.165, 1.54) is 0 Å². The van der Waals surface area contributed by atoms with E-state index < -0.39 is 0 Å². The van der Waals surface area contributed by atoms with Gasteiger partial charge in [-0.1, -0.05) is 97.1 Å². The quantitative estimate of drug-likeness (QED) is 0.105. The predicted octanol–water partition coefficient (Wildman–Crippen LogP) is 6.27. The molecule has 54 heavy (non-hydrogen) atoms. The van der Waals surface area contributed by atoms with E-state index in [4.69, 9.17) is 39.4 Å². The highest BCUT2D eigenvalue weighted by Crippen LogP contribution is 2.30. The maximum absolute atomic E-state index is 5.64. The summed E-state index contributed by atoms with van der Waals surface area (Å²) in [4.78, 5) is 33.5. The number of anilines is 8. The van der Waals surface area contributed by atoms with E-state index in [0.717, 1.165) is 22.5 Å². The summed E-state index contributed by atoms with van der Waals surface area (Å²) in [5.41, 5.74) is 4.91. The van der Waals surface area contributed by atoms with Gasteiger partial charge in [0, 0.05) is 48.7 Å². The van der Waals surface area contributed by atoms with Crippen LogP contribution in [0.3, 0.4) is 0 Å². The molecule has 2 fully saturated rings. The SMILES string of the molecule is c1ccc(Nc2nc(NC(=C(Nc3nc(Nc4ccccc4)nc(N4CCOCC4)n3)c3ccccc3)c3ccccc3)nc(N3CCOCC3)n2)cc1. The smallest absolute Gasteiger partial charge is 0.233 e. The Balaban J connectivity index is 1.24. The minimum absolute atomic E-state index is 0.357. The van der Waals surface area contributed by atoms with Crippen LogP contribution in [0.5, 0.6) is 0 Å². The van der Waals surface area contributed by atoms with Gasteiger partial charge in [0.2, 0.25) is 35.7 Å². The fraction of sp³-hybridized carbons (Fsp3) is 0.200. The summed E-state index contributed by atoms with van der Waals surface area (Å²) in [7, 11) is 0. The Kier molecular flexibility index (Phi) is 10.7. The second kappa shape index (κ2) is 16.8. The molecule has 14 nitrogen and oxygen atoms in total. The molecule has 14 heteroatoms. The lowest BCUT2D eigenvalue weighted by Gasteiger charge is -2.27. The van der Waals surface area contributed by atoms with Gasteiger partial charge in [-0.15, -0.1) is 0 Å². The molecule has 6 aromatic rings. The summed E-state index contributed by atoms with van der Waals surface area (Å²) in [6.45, 7) is 5.01. The predicted molar refractivity (Wildman–Crippen MR) is 212 cm³/mol. The molecule has 0 unspecified atom stereocenters. The van der Waals surface area contributed by atoms with Crippen LogP contribution in [0.2, 0.25) is 0 Å². The Labute approximate surface area is 313 Å². The zero-order valence-corrected chi connectivity index (χ0v) is 29.6. The molecular formula is C40H40N12O2. The van der Waals surface area contributed by atoms with Gasteiger partial charge in [0.25, 0.3) is 0 Å². The standard InChI is InChI=1S/C40H40N12O2/c1-5-13-29(14-6-1)33(43-37-45-35(41-31-17-9-3-10-18-31)47-39(49-37)51-21-25-53-26-22-51)34(30-15-7-2-8-16-30)44-38-46-36(42-32-19-11-4-12-20-32)48-40(50-38)52-23-27-54-28-24-52/h1-20H,21-28H2,(H2,41,43,45,47,49)(H2,42,44,46,48,50). The first-order chi connectivity index (χ1) is 26.7. The summed E-state index contributed by atoms with van der Waals surface area (Å²) in [5.74, 6) is 2.61. The van der Waals surface area contributed by atoms with Crippen LogP contribution in [-0.2, 0) is 9.47 Å². The first-order valence-electron chi connectivity index (χ1n) is 17.9. The van der Waals surface area contributed by atoms with Crippen molar-refractivity contribution < 1.29 is 9.47 Å². The molecule has 0 atom stereocenters. The molecule has 4 heterocycles. The largest absolute Gasteiger partial charge is 0.378 e. The second-order valence-corrected chi connectivity index (χ2v) is 12.5. The second-order valence-electron chi connectivity index (χ2n) is 12.5. The van der Waals surface area contributed by atoms with Crippen LogP contribution >= 0.6 is 0 Å². The highest BCUT2D eigenvalue weighted by Gasteiger charge is 2.22. The van der Waals surface area contributed by atoms with Crippen molar-refractivity contribution in [3.05, 3.63) is 132 Å². The van der Waals surface area contributed by atoms with E-state index in [9.17, 15) is 0 Å². The molecule has 0 saturated carbocycles. The minimum Gasteiger partial charge on any atom is -0.378 e. The number of aromatic nitrogens is 6. The zero-order chi connectivity index (χ0) is 36.4. The summed E-state index contributed by atoms with van der Waals surface area (Å²) in [6.07, 6.45) is 0. The van der Waals surface area contributed by atoms with Gasteiger partial charge in [-0.3, -0.25) is 0 Å². The van der Waals surface area contributed by atoms with Crippen molar-refractivity contribution in [3.8, 4) is 0 Å². The van der Waals surface area contributed by atoms with Crippen LogP contribution in [0.1, 0.15) is 11.1 Å². The Morgan fingerprint density at radius 1 is 0.407 bits per heavy atom. The van der Waals surface area contributed by atoms with Gasteiger partial charge in [0.1, 0.15) is 0 Å². The van der Waals surface area contributed by atoms with Crippen molar-refractivity contribution in [3.63, 3.8) is 0 Å². The van der Waals surface area contributed by atoms with Gasteiger partial charge < -0.3 is 40.5 Å². The van der Waals surface area contributed by atoms with Crippen LogP contribution in [0.15, 0.2) is 121 Å². The molecule has 2 aliphatic rings. The topological polar surface area (TPSA) is 150 Å². The zero-order valence-electron chi connectivity index (χ0n) is 29.6. The Morgan fingerprint density at radius 3 is 1.11 bits per heavy atom. The number of ether oxygens (including phenoxy) is 2. The lowest BCUT2D eigenvalue weighted by molar-refractivity contribution is 0.122. The average molecular weight is 721 g/mol. The van der Waals surface area contributed by atoms with Gasteiger partial charge in [-0.05, 0) is 24.3 Å². The third-order valence-corrected chi connectivity index (χ3v) is 8.74. The molecule has 0 amide bonds. The number of nitrogens with one attached hydrogen (secondary N) is 4. The van der Waals surface area contributed by atoms with Gasteiger partial charge in [0.05, 0.1) is 37.8 Å². The number of hydrogen-bond acceptors (Lipinski definition) is 14. The van der Waals surface area contributed by atoms with E-state index in [0.29, 0.717) is 99.7 Å². The Morgan fingerprint density at radius 2 is 0.741 bits per heavy atom. The van der Waals surface area contributed by atoms with Crippen molar-refractivity contribution >= 4 is 58.5 Å². The first-order valence-corrected chi connectivity index (χ1v) is 17.9. The molecule has 8 rings (SSSR count). The highest BCUT2D eigenvalue weighted by molar-refractivity contribution is 5.99. The molecule has 2 aromatic heterocycles. The monoisotopic (exact) mass is 720 g/mol. The van der Waals surface area contributed by atoms with Crippen LogP contribution < -0.4 is 31.1 Å². The number of para-hydroxylation sites is 2. The first kappa shape index (κ1) is 34.4. The number of rotatable bonds is 12. The van der Waals surface area contributed by atoms with Gasteiger partial charge in [0.15, 0.2) is 0 Å². The number of hydrogen-bond donors (Lipinski definition) is 4. The Hall–Kier alpha value is -6.64. The average Bonchev–Trinajstić information content (AvgIpc) is 3.24. The maximum Gasteiger partial charge on any atom is 0.233 e. The van der Waals surface area contributed by atoms with Crippen LogP contribution in [0, 0.1) is 0 Å². The molecule has 2 aliphatic heterocycles. The molecule has 2 saturated heterocycles. The van der Waals surface area contributed by atoms with E-state index in [2.05, 4.69) is 31.1 Å². The van der Waals surface area contributed by atoms with Crippen molar-refractivity contribution in [1.82, 2.24) is 29.9 Å². The lowest BCUT2D eigenvalue weighted by Crippen LogP contribution is -2.37. The maximum atomic E-state index is 5.64. The molecule has 4 aromatic carbocycles. The van der Waals surface area contributed by atoms with Gasteiger partial charge >= 0.3 is 0 Å². The summed E-state index contributed by atoms with van der Waals surface area (Å²) in [6, 6.07) is 39.8.